The van der Waals surface area contributed by atoms with Gasteiger partial charge in [-0.3, -0.25) is 0 Å². The fourth-order valence-electron chi connectivity index (χ4n) is 10.3. The van der Waals surface area contributed by atoms with Gasteiger partial charge in [0.05, 0.1) is 56.7 Å². The maximum atomic E-state index is 11.8. The van der Waals surface area contributed by atoms with E-state index in [0.717, 1.165) is 65.9 Å². The van der Waals surface area contributed by atoms with Gasteiger partial charge in [-0.15, -0.1) is 0 Å². The molecule has 17 nitrogen and oxygen atoms in total. The van der Waals surface area contributed by atoms with Crippen LogP contribution in [0.2, 0.25) is 0 Å². The van der Waals surface area contributed by atoms with E-state index in [1.807, 2.05) is 116 Å². The summed E-state index contributed by atoms with van der Waals surface area (Å²) in [5.41, 5.74) is 9.58. The second-order valence-electron chi connectivity index (χ2n) is 18.6. The van der Waals surface area contributed by atoms with Crippen molar-refractivity contribution in [1.82, 2.24) is 68.9 Å². The van der Waals surface area contributed by atoms with Crippen LogP contribution in [0.25, 0.3) is 112 Å². The van der Waals surface area contributed by atoms with E-state index >= 15 is 0 Å². The van der Waals surface area contributed by atoms with Gasteiger partial charge in [0.2, 0.25) is 0 Å². The topological polar surface area (TPSA) is 236 Å². The highest BCUT2D eigenvalue weighted by atomic mass is 15.1. The normalized spacial score (nSPS) is 11.4. The molecule has 0 aliphatic rings. The van der Waals surface area contributed by atoms with Crippen LogP contribution in [-0.2, 0) is 0 Å². The number of nitrogens with zero attached hydrogens (tertiary/aromatic N) is 17. The first-order valence-electron chi connectivity index (χ1n) is 24.2. The lowest BCUT2D eigenvalue weighted by Gasteiger charge is -2.19. The van der Waals surface area contributed by atoms with Gasteiger partial charge < -0.3 is 9.13 Å². The van der Waals surface area contributed by atoms with Crippen LogP contribution in [0, 0.1) is 89.4 Å². The summed E-state index contributed by atoms with van der Waals surface area (Å²) in [6.45, 7) is 14.8. The summed E-state index contributed by atoms with van der Waals surface area (Å²) >= 11 is 0. The van der Waals surface area contributed by atoms with Gasteiger partial charge in [-0.1, -0.05) is 0 Å². The summed E-state index contributed by atoms with van der Waals surface area (Å²) in [5, 5.41) is 35.8. The Bertz CT molecular complexity index is 4050. The Morgan fingerprint density at radius 3 is 0.803 bits per heavy atom. The van der Waals surface area contributed by atoms with Crippen molar-refractivity contribution in [3.05, 3.63) is 166 Å². The molecule has 0 aliphatic heterocycles. The zero-order valence-electron chi connectivity index (χ0n) is 42.4. The highest BCUT2D eigenvalue weighted by Gasteiger charge is 2.25. The maximum absolute atomic E-state index is 11.8. The van der Waals surface area contributed by atoms with E-state index in [0.29, 0.717) is 109 Å². The van der Waals surface area contributed by atoms with Crippen LogP contribution in [0.15, 0.2) is 103 Å². The second kappa shape index (κ2) is 17.9. The van der Waals surface area contributed by atoms with E-state index in [-0.39, 0.29) is 0 Å². The van der Waals surface area contributed by atoms with Crippen molar-refractivity contribution in [2.75, 3.05) is 0 Å². The highest BCUT2D eigenvalue weighted by molar-refractivity contribution is 6.13. The zero-order chi connectivity index (χ0) is 52.7. The number of fused-ring (bicyclic) bond motifs is 6. The van der Waals surface area contributed by atoms with Gasteiger partial charge in [-0.05, 0) is 170 Å². The monoisotopic (exact) mass is 987 g/mol. The number of aromatic nitrogens is 14. The molecule has 362 valence electrons. The van der Waals surface area contributed by atoms with Crippen LogP contribution < -0.4 is 0 Å². The van der Waals surface area contributed by atoms with E-state index in [1.165, 1.54) is 0 Å². The first-order valence-corrected chi connectivity index (χ1v) is 24.2. The fourth-order valence-corrected chi connectivity index (χ4v) is 10.3. The summed E-state index contributed by atoms with van der Waals surface area (Å²) in [4.78, 5) is 55.5. The van der Waals surface area contributed by atoms with Crippen LogP contribution in [-0.4, -0.2) is 68.9 Å². The standard InChI is InChI=1S/C59H41N17/c1-29-63-30(2)68-56(67-29)39-9-13-50-45(20-39)46-21-40(57-69-31(3)64-32(4)70-57)10-14-51(46)75(50)54-24-44(43-18-37(26-60)17-38(19-43)27-61)25-55(49(54)28-62)76-52-15-11-41(58-71-33(5)65-34(6)72-58)22-47(52)48-23-42(12-16-53(48)76)59-73-35(7)66-36(8)74-59/h9-25H,1-8H3. The predicted molar refractivity (Wildman–Crippen MR) is 288 cm³/mol. The SMILES string of the molecule is Cc1nc(C)nc(-c2ccc3c(c2)c2cc(-c4nc(C)nc(C)n4)ccc2n3-c2cc(-c3cc(C#N)cc(C#N)c3)cc(-n3c4ccc(-c5nc(C)nc(C)n5)cc4c4cc(-c5nc(C)nc(C)n5)ccc43)c2C#N)n1. The summed E-state index contributed by atoms with van der Waals surface area (Å²) in [6.07, 6.45) is 0. The molecule has 6 heterocycles. The molecule has 0 saturated heterocycles. The van der Waals surface area contributed by atoms with Crippen molar-refractivity contribution in [3.63, 3.8) is 0 Å². The Kier molecular flexibility index (Phi) is 10.9. The van der Waals surface area contributed by atoms with Crippen molar-refractivity contribution in [2.45, 2.75) is 55.4 Å². The molecule has 17 heteroatoms. The quantitative estimate of drug-likeness (QED) is 0.144. The third-order valence-corrected chi connectivity index (χ3v) is 13.2. The minimum atomic E-state index is 0.315. The Balaban J connectivity index is 1.20. The molecule has 0 N–H and O–H groups in total. The molecular weight excluding hydrogens is 947 g/mol. The fraction of sp³-hybridized carbons (Fsp3) is 0.136. The molecule has 0 aliphatic carbocycles. The first-order chi connectivity index (χ1) is 36.7. The minimum absolute atomic E-state index is 0.315. The Hall–Kier alpha value is -10.6. The lowest BCUT2D eigenvalue weighted by Crippen LogP contribution is -2.05. The van der Waals surface area contributed by atoms with Crippen LogP contribution in [0.4, 0.5) is 0 Å². The molecule has 0 fully saturated rings. The van der Waals surface area contributed by atoms with Gasteiger partial charge in [-0.25, -0.2) is 59.8 Å². The van der Waals surface area contributed by atoms with Crippen molar-refractivity contribution in [3.8, 4) is 86.3 Å². The number of benzene rings is 6. The number of rotatable bonds is 7. The lowest BCUT2D eigenvalue weighted by molar-refractivity contribution is 0.928. The average Bonchev–Trinajstić information content (AvgIpc) is 4.03. The summed E-state index contributed by atoms with van der Waals surface area (Å²) in [5.74, 6) is 6.89. The van der Waals surface area contributed by atoms with Gasteiger partial charge in [0.15, 0.2) is 23.3 Å². The van der Waals surface area contributed by atoms with Gasteiger partial charge >= 0.3 is 0 Å². The number of hydrogen-bond acceptors (Lipinski definition) is 15. The van der Waals surface area contributed by atoms with Gasteiger partial charge in [0.1, 0.15) is 58.2 Å². The molecular formula is C59H41N17. The Morgan fingerprint density at radius 1 is 0.289 bits per heavy atom. The molecule has 12 rings (SSSR count). The summed E-state index contributed by atoms with van der Waals surface area (Å²) < 4.78 is 4.19. The Morgan fingerprint density at radius 2 is 0.553 bits per heavy atom. The predicted octanol–water partition coefficient (Wildman–Crippen LogP) is 11.0. The number of aryl methyl sites for hydroxylation is 8. The van der Waals surface area contributed by atoms with Gasteiger partial charge in [-0.2, -0.15) is 15.8 Å². The van der Waals surface area contributed by atoms with E-state index in [9.17, 15) is 15.8 Å². The Labute approximate surface area is 434 Å². The molecule has 6 aromatic carbocycles. The third kappa shape index (κ3) is 8.03. The van der Waals surface area contributed by atoms with E-state index in [2.05, 4.69) is 71.5 Å². The molecule has 0 atom stereocenters. The third-order valence-electron chi connectivity index (χ3n) is 13.2. The molecule has 0 unspecified atom stereocenters. The van der Waals surface area contributed by atoms with E-state index in [1.54, 1.807) is 18.2 Å². The average molecular weight is 988 g/mol. The number of hydrogen-bond donors (Lipinski definition) is 0. The highest BCUT2D eigenvalue weighted by Crippen LogP contribution is 2.43. The van der Waals surface area contributed by atoms with Crippen LogP contribution in [0.3, 0.4) is 0 Å². The van der Waals surface area contributed by atoms with E-state index in [4.69, 9.17) is 39.9 Å². The summed E-state index contributed by atoms with van der Waals surface area (Å²) in [6, 6.07) is 40.4. The van der Waals surface area contributed by atoms with Crippen molar-refractivity contribution in [2.24, 2.45) is 0 Å². The van der Waals surface area contributed by atoms with Crippen LogP contribution in [0.1, 0.15) is 63.3 Å². The zero-order valence-corrected chi connectivity index (χ0v) is 42.4. The largest absolute Gasteiger partial charge is 0.308 e. The van der Waals surface area contributed by atoms with Gasteiger partial charge in [0, 0.05) is 43.8 Å². The first kappa shape index (κ1) is 46.5. The molecule has 0 spiro atoms. The minimum Gasteiger partial charge on any atom is -0.308 e. The number of nitriles is 3. The molecule has 0 amide bonds. The lowest BCUT2D eigenvalue weighted by atomic mass is 9.97. The molecule has 0 bridgehead atoms. The van der Waals surface area contributed by atoms with Crippen molar-refractivity contribution >= 4 is 43.6 Å². The smallest absolute Gasteiger partial charge is 0.163 e. The van der Waals surface area contributed by atoms with Crippen LogP contribution >= 0.6 is 0 Å². The van der Waals surface area contributed by atoms with Gasteiger partial charge in [0.25, 0.3) is 0 Å². The molecule has 76 heavy (non-hydrogen) atoms. The van der Waals surface area contributed by atoms with Crippen LogP contribution in [0.5, 0.6) is 0 Å². The maximum Gasteiger partial charge on any atom is 0.163 e. The van der Waals surface area contributed by atoms with Crippen molar-refractivity contribution in [1.29, 1.82) is 15.8 Å². The van der Waals surface area contributed by atoms with Crippen molar-refractivity contribution < 1.29 is 0 Å². The molecule has 0 saturated carbocycles. The summed E-state index contributed by atoms with van der Waals surface area (Å²) in [7, 11) is 0. The molecule has 0 radical (unpaired) electrons. The molecule has 12 aromatic rings. The van der Waals surface area contributed by atoms with E-state index < -0.39 is 0 Å². The molecule has 6 aromatic heterocycles. The second-order valence-corrected chi connectivity index (χ2v) is 18.6.